The highest BCUT2D eigenvalue weighted by Crippen LogP contribution is 2.30. The Morgan fingerprint density at radius 3 is 2.71 bits per heavy atom. The summed E-state index contributed by atoms with van der Waals surface area (Å²) in [6.45, 7) is 1.60. The van der Waals surface area contributed by atoms with Gasteiger partial charge in [0, 0.05) is 22.9 Å². The number of rotatable bonds is 8. The van der Waals surface area contributed by atoms with Crippen LogP contribution in [0.25, 0.3) is 11.0 Å². The van der Waals surface area contributed by atoms with Gasteiger partial charge in [-0.25, -0.2) is 0 Å². The smallest absolute Gasteiger partial charge is 0.231 e. The van der Waals surface area contributed by atoms with E-state index in [0.717, 1.165) is 59.4 Å². The third-order valence-electron chi connectivity index (χ3n) is 3.69. The number of hydrogen-bond donors (Lipinski definition) is 4. The zero-order valence-corrected chi connectivity index (χ0v) is 14.9. The molecule has 5 N–H and O–H groups in total. The average molecular weight is 389 g/mol. The summed E-state index contributed by atoms with van der Waals surface area (Å²) in [7, 11) is 0. The summed E-state index contributed by atoms with van der Waals surface area (Å²) >= 11 is 3.55. The highest BCUT2D eigenvalue weighted by atomic mass is 79.9. The van der Waals surface area contributed by atoms with E-state index < -0.39 is 0 Å². The van der Waals surface area contributed by atoms with Gasteiger partial charge in [-0.1, -0.05) is 24.6 Å². The van der Waals surface area contributed by atoms with Crippen molar-refractivity contribution < 1.29 is 0 Å². The number of unbranched alkanes of at least 4 members (excludes halogenated alkanes) is 2. The molecule has 6 nitrogen and oxygen atoms in total. The Kier molecular flexibility index (Phi) is 5.66. The molecule has 0 aliphatic heterocycles. The Morgan fingerprint density at radius 1 is 1.08 bits per heavy atom. The standard InChI is InChI=1S/C17H21BrN6/c18-13-11-21-16-14(13)15(20-10-6-2-5-9-19)23-17(24-16)22-12-7-3-1-4-8-12/h1,3-4,7-8,11H,2,5-6,9-10,19H2,(H3,20,21,22,23,24). The Labute approximate surface area is 149 Å². The molecule has 0 bridgehead atoms. The van der Waals surface area contributed by atoms with Gasteiger partial charge in [0.1, 0.15) is 11.5 Å². The minimum atomic E-state index is 0.563. The number of aromatic nitrogens is 3. The zero-order chi connectivity index (χ0) is 16.8. The van der Waals surface area contributed by atoms with E-state index in [9.17, 15) is 0 Å². The van der Waals surface area contributed by atoms with Crippen LogP contribution < -0.4 is 16.4 Å². The van der Waals surface area contributed by atoms with Gasteiger partial charge in [0.25, 0.3) is 0 Å². The molecule has 24 heavy (non-hydrogen) atoms. The molecule has 2 heterocycles. The number of fused-ring (bicyclic) bond motifs is 1. The van der Waals surface area contributed by atoms with Gasteiger partial charge in [-0.2, -0.15) is 9.97 Å². The van der Waals surface area contributed by atoms with Gasteiger partial charge in [0.05, 0.1) is 5.39 Å². The van der Waals surface area contributed by atoms with Crippen molar-refractivity contribution in [3.8, 4) is 0 Å². The summed E-state index contributed by atoms with van der Waals surface area (Å²) in [5, 5.41) is 7.63. The van der Waals surface area contributed by atoms with Crippen LogP contribution in [-0.4, -0.2) is 28.0 Å². The summed E-state index contributed by atoms with van der Waals surface area (Å²) < 4.78 is 0.952. The zero-order valence-electron chi connectivity index (χ0n) is 13.3. The molecule has 1 aromatic carbocycles. The van der Waals surface area contributed by atoms with Crippen LogP contribution in [0.3, 0.4) is 0 Å². The number of para-hydroxylation sites is 1. The number of nitrogens with zero attached hydrogens (tertiary/aromatic N) is 2. The number of nitrogens with one attached hydrogen (secondary N) is 3. The minimum absolute atomic E-state index is 0.563. The molecule has 0 unspecified atom stereocenters. The molecule has 7 heteroatoms. The molecule has 0 amide bonds. The fourth-order valence-electron chi connectivity index (χ4n) is 2.48. The lowest BCUT2D eigenvalue weighted by atomic mass is 10.2. The number of aromatic amines is 1. The van der Waals surface area contributed by atoms with Gasteiger partial charge in [0.15, 0.2) is 0 Å². The fraction of sp³-hybridized carbons (Fsp3) is 0.294. The third kappa shape index (κ3) is 4.04. The second-order valence-corrected chi connectivity index (χ2v) is 6.38. The molecule has 0 aliphatic carbocycles. The van der Waals surface area contributed by atoms with Crippen LogP contribution >= 0.6 is 15.9 Å². The van der Waals surface area contributed by atoms with Gasteiger partial charge in [-0.05, 0) is 47.4 Å². The Morgan fingerprint density at radius 2 is 1.92 bits per heavy atom. The van der Waals surface area contributed by atoms with Gasteiger partial charge >= 0.3 is 0 Å². The van der Waals surface area contributed by atoms with Crippen molar-refractivity contribution in [1.82, 2.24) is 15.0 Å². The molecule has 0 saturated carbocycles. The van der Waals surface area contributed by atoms with Gasteiger partial charge in [-0.3, -0.25) is 0 Å². The molecule has 3 rings (SSSR count). The number of hydrogen-bond acceptors (Lipinski definition) is 5. The molecule has 0 atom stereocenters. The van der Waals surface area contributed by atoms with E-state index in [-0.39, 0.29) is 0 Å². The summed E-state index contributed by atoms with van der Waals surface area (Å²) in [5.74, 6) is 1.38. The highest BCUT2D eigenvalue weighted by molar-refractivity contribution is 9.10. The van der Waals surface area contributed by atoms with Crippen LogP contribution in [0.1, 0.15) is 19.3 Å². The first-order valence-electron chi connectivity index (χ1n) is 8.08. The van der Waals surface area contributed by atoms with E-state index in [4.69, 9.17) is 5.73 Å². The number of H-pyrrole nitrogens is 1. The first-order valence-corrected chi connectivity index (χ1v) is 8.88. The Bertz CT molecular complexity index is 786. The molecular formula is C17H21BrN6. The summed E-state index contributed by atoms with van der Waals surface area (Å²) in [6, 6.07) is 9.90. The molecule has 0 spiro atoms. The maximum Gasteiger partial charge on any atom is 0.231 e. The lowest BCUT2D eigenvalue weighted by Gasteiger charge is -2.10. The number of halogens is 1. The quantitative estimate of drug-likeness (QED) is 0.437. The van der Waals surface area contributed by atoms with Crippen LogP contribution in [0.4, 0.5) is 17.5 Å². The third-order valence-corrected chi connectivity index (χ3v) is 4.31. The SMILES string of the molecule is NCCCCCNc1nc(Nc2ccccc2)nc2[nH]cc(Br)c12. The lowest BCUT2D eigenvalue weighted by molar-refractivity contribution is 0.706. The Hall–Kier alpha value is -2.12. The van der Waals surface area contributed by atoms with Gasteiger partial charge in [0.2, 0.25) is 5.95 Å². The van der Waals surface area contributed by atoms with Crippen LogP contribution in [0.5, 0.6) is 0 Å². The van der Waals surface area contributed by atoms with E-state index in [2.05, 4.69) is 41.5 Å². The normalized spacial score (nSPS) is 10.9. The molecule has 3 aromatic rings. The van der Waals surface area contributed by atoms with Crippen LogP contribution in [-0.2, 0) is 0 Å². The van der Waals surface area contributed by atoms with Crippen LogP contribution in [0, 0.1) is 0 Å². The first-order chi connectivity index (χ1) is 11.8. The molecule has 0 fully saturated rings. The maximum absolute atomic E-state index is 5.54. The van der Waals surface area contributed by atoms with Crippen molar-refractivity contribution in [2.24, 2.45) is 5.73 Å². The van der Waals surface area contributed by atoms with Crippen molar-refractivity contribution >= 4 is 44.4 Å². The summed E-state index contributed by atoms with van der Waals surface area (Å²) in [5.41, 5.74) is 7.28. The van der Waals surface area contributed by atoms with Crippen LogP contribution in [0.2, 0.25) is 0 Å². The first kappa shape index (κ1) is 16.7. The van der Waals surface area contributed by atoms with E-state index in [1.165, 1.54) is 0 Å². The van der Waals surface area contributed by atoms with Crippen molar-refractivity contribution in [3.05, 3.63) is 41.0 Å². The molecule has 2 aromatic heterocycles. The van der Waals surface area contributed by atoms with E-state index in [0.29, 0.717) is 5.95 Å². The highest BCUT2D eigenvalue weighted by Gasteiger charge is 2.12. The predicted octanol–water partition coefficient (Wildman–Crippen LogP) is 4.00. The largest absolute Gasteiger partial charge is 0.369 e. The Balaban J connectivity index is 1.81. The lowest BCUT2D eigenvalue weighted by Crippen LogP contribution is -2.07. The predicted molar refractivity (Wildman–Crippen MR) is 103 cm³/mol. The molecule has 0 radical (unpaired) electrons. The minimum Gasteiger partial charge on any atom is -0.369 e. The van der Waals surface area contributed by atoms with E-state index in [1.807, 2.05) is 36.5 Å². The van der Waals surface area contributed by atoms with Crippen molar-refractivity contribution in [2.75, 3.05) is 23.7 Å². The molecule has 0 saturated heterocycles. The molecule has 0 aliphatic rings. The number of anilines is 3. The summed E-state index contributed by atoms with van der Waals surface area (Å²) in [4.78, 5) is 12.4. The van der Waals surface area contributed by atoms with Gasteiger partial charge < -0.3 is 21.4 Å². The molecule has 126 valence electrons. The van der Waals surface area contributed by atoms with Crippen molar-refractivity contribution in [2.45, 2.75) is 19.3 Å². The van der Waals surface area contributed by atoms with E-state index in [1.54, 1.807) is 0 Å². The topological polar surface area (TPSA) is 91.7 Å². The van der Waals surface area contributed by atoms with Crippen molar-refractivity contribution in [3.63, 3.8) is 0 Å². The monoisotopic (exact) mass is 388 g/mol. The fourth-order valence-corrected chi connectivity index (χ4v) is 2.97. The second-order valence-electron chi connectivity index (χ2n) is 5.52. The maximum atomic E-state index is 5.54. The molecular weight excluding hydrogens is 368 g/mol. The second kappa shape index (κ2) is 8.12. The summed E-state index contributed by atoms with van der Waals surface area (Å²) in [6.07, 6.45) is 5.11. The van der Waals surface area contributed by atoms with Crippen molar-refractivity contribution in [1.29, 1.82) is 0 Å². The number of benzene rings is 1. The number of nitrogens with two attached hydrogens (primary N) is 1. The van der Waals surface area contributed by atoms with E-state index >= 15 is 0 Å². The van der Waals surface area contributed by atoms with Gasteiger partial charge in [-0.15, -0.1) is 0 Å². The average Bonchev–Trinajstić information content (AvgIpc) is 2.97. The van der Waals surface area contributed by atoms with Crippen LogP contribution in [0.15, 0.2) is 41.0 Å².